The molecule has 1 amide bonds. The zero-order valence-corrected chi connectivity index (χ0v) is 14.6. The molecule has 3 rings (SSSR count). The molecule has 0 saturated carbocycles. The van der Waals surface area contributed by atoms with Gasteiger partial charge in [0.15, 0.2) is 0 Å². The number of rotatable bonds is 5. The predicted molar refractivity (Wildman–Crippen MR) is 91.3 cm³/mol. The van der Waals surface area contributed by atoms with Crippen molar-refractivity contribution < 1.29 is 9.53 Å². The Morgan fingerprint density at radius 1 is 1.17 bits per heavy atom. The van der Waals surface area contributed by atoms with Crippen LogP contribution in [0, 0.1) is 5.92 Å². The summed E-state index contributed by atoms with van der Waals surface area (Å²) in [7, 11) is 0. The number of ether oxygens (including phenoxy) is 1. The molecular formula is C18H28N4O2. The molecule has 0 N–H and O–H groups in total. The first kappa shape index (κ1) is 17.3. The third-order valence-electron chi connectivity index (χ3n) is 5.14. The summed E-state index contributed by atoms with van der Waals surface area (Å²) in [5.74, 6) is 0.552. The number of aromatic nitrogens is 2. The number of hydrogen-bond acceptors (Lipinski definition) is 5. The van der Waals surface area contributed by atoms with Crippen LogP contribution in [0.3, 0.4) is 0 Å². The van der Waals surface area contributed by atoms with Gasteiger partial charge in [0.05, 0.1) is 12.3 Å². The van der Waals surface area contributed by atoms with Gasteiger partial charge in [-0.1, -0.05) is 0 Å². The van der Waals surface area contributed by atoms with E-state index in [9.17, 15) is 4.79 Å². The number of piperidine rings is 2. The number of carbonyl (C=O) groups is 1. The highest BCUT2D eigenvalue weighted by Gasteiger charge is 2.30. The first-order valence-corrected chi connectivity index (χ1v) is 9.14. The summed E-state index contributed by atoms with van der Waals surface area (Å²) in [4.78, 5) is 17.2. The van der Waals surface area contributed by atoms with Gasteiger partial charge in [-0.3, -0.25) is 9.69 Å². The van der Waals surface area contributed by atoms with Gasteiger partial charge in [-0.05, 0) is 57.3 Å². The van der Waals surface area contributed by atoms with Crippen molar-refractivity contribution in [2.75, 3.05) is 32.8 Å². The number of amides is 1. The maximum Gasteiger partial charge on any atom is 0.225 e. The highest BCUT2D eigenvalue weighted by Crippen LogP contribution is 2.23. The second-order valence-corrected chi connectivity index (χ2v) is 6.78. The van der Waals surface area contributed by atoms with E-state index in [-0.39, 0.29) is 5.92 Å². The molecule has 2 aliphatic heterocycles. The standard InChI is InChI=1S/C18H28N4O2/c1-2-24-17-6-11-22(12-7-17)18(23)16-4-9-21(10-5-16)14-15-3-8-19-20-13-15/h3,8,13,16-17H,2,4-7,9-12,14H2,1H3. The summed E-state index contributed by atoms with van der Waals surface area (Å²) in [5.41, 5.74) is 1.19. The molecule has 24 heavy (non-hydrogen) atoms. The van der Waals surface area contributed by atoms with Crippen LogP contribution in [0.5, 0.6) is 0 Å². The van der Waals surface area contributed by atoms with Crippen LogP contribution in [-0.2, 0) is 16.1 Å². The average Bonchev–Trinajstić information content (AvgIpc) is 2.64. The van der Waals surface area contributed by atoms with Crippen LogP contribution in [0.2, 0.25) is 0 Å². The smallest absolute Gasteiger partial charge is 0.225 e. The number of carbonyl (C=O) groups excluding carboxylic acids is 1. The molecule has 0 unspecified atom stereocenters. The first-order valence-electron chi connectivity index (χ1n) is 9.14. The summed E-state index contributed by atoms with van der Waals surface area (Å²) in [6.07, 6.45) is 7.78. The molecule has 2 saturated heterocycles. The SMILES string of the molecule is CCOC1CCN(C(=O)C2CCN(Cc3ccnnc3)CC2)CC1. The van der Waals surface area contributed by atoms with Gasteiger partial charge in [-0.25, -0.2) is 0 Å². The maximum absolute atomic E-state index is 12.7. The molecule has 0 atom stereocenters. The number of nitrogens with zero attached hydrogens (tertiary/aromatic N) is 4. The topological polar surface area (TPSA) is 58.6 Å². The van der Waals surface area contributed by atoms with E-state index < -0.39 is 0 Å². The van der Waals surface area contributed by atoms with Gasteiger partial charge < -0.3 is 9.64 Å². The van der Waals surface area contributed by atoms with E-state index in [2.05, 4.69) is 20.0 Å². The van der Waals surface area contributed by atoms with E-state index in [4.69, 9.17) is 4.74 Å². The summed E-state index contributed by atoms with van der Waals surface area (Å²) in [6, 6.07) is 2.01. The predicted octanol–water partition coefficient (Wildman–Crippen LogP) is 1.72. The minimum atomic E-state index is 0.195. The monoisotopic (exact) mass is 332 g/mol. The highest BCUT2D eigenvalue weighted by atomic mass is 16.5. The van der Waals surface area contributed by atoms with Crippen LogP contribution in [0.25, 0.3) is 0 Å². The minimum Gasteiger partial charge on any atom is -0.378 e. The molecule has 2 aliphatic rings. The summed E-state index contributed by atoms with van der Waals surface area (Å²) >= 11 is 0. The minimum absolute atomic E-state index is 0.195. The Bertz CT molecular complexity index is 509. The molecule has 3 heterocycles. The van der Waals surface area contributed by atoms with E-state index in [1.807, 2.05) is 19.2 Å². The molecule has 0 spiro atoms. The van der Waals surface area contributed by atoms with Crippen LogP contribution < -0.4 is 0 Å². The fourth-order valence-electron chi connectivity index (χ4n) is 3.74. The van der Waals surface area contributed by atoms with Crippen LogP contribution in [0.1, 0.15) is 38.2 Å². The quantitative estimate of drug-likeness (QED) is 0.822. The van der Waals surface area contributed by atoms with E-state index in [0.717, 1.165) is 65.0 Å². The van der Waals surface area contributed by atoms with Gasteiger partial charge in [-0.15, -0.1) is 0 Å². The normalized spacial score (nSPS) is 21.1. The van der Waals surface area contributed by atoms with Crippen molar-refractivity contribution in [2.45, 2.75) is 45.3 Å². The molecule has 0 radical (unpaired) electrons. The maximum atomic E-state index is 12.7. The molecule has 1 aromatic rings. The zero-order chi connectivity index (χ0) is 16.8. The third kappa shape index (κ3) is 4.51. The molecular weight excluding hydrogens is 304 g/mol. The van der Waals surface area contributed by atoms with Crippen LogP contribution in [-0.4, -0.2) is 64.8 Å². The average molecular weight is 332 g/mol. The van der Waals surface area contributed by atoms with Crippen molar-refractivity contribution in [1.29, 1.82) is 0 Å². The summed E-state index contributed by atoms with van der Waals surface area (Å²) in [6.45, 7) is 7.37. The molecule has 0 aliphatic carbocycles. The Hall–Kier alpha value is -1.53. The zero-order valence-electron chi connectivity index (χ0n) is 14.6. The van der Waals surface area contributed by atoms with Crippen molar-refractivity contribution in [1.82, 2.24) is 20.0 Å². The van der Waals surface area contributed by atoms with Crippen LogP contribution in [0.4, 0.5) is 0 Å². The van der Waals surface area contributed by atoms with E-state index in [0.29, 0.717) is 12.0 Å². The Morgan fingerprint density at radius 2 is 1.92 bits per heavy atom. The Balaban J connectivity index is 1.42. The molecule has 6 heteroatoms. The molecule has 1 aromatic heterocycles. The molecule has 2 fully saturated rings. The van der Waals surface area contributed by atoms with Crippen molar-refractivity contribution >= 4 is 5.91 Å². The van der Waals surface area contributed by atoms with Gasteiger partial charge >= 0.3 is 0 Å². The van der Waals surface area contributed by atoms with Gasteiger partial charge in [0.2, 0.25) is 5.91 Å². The fourth-order valence-corrected chi connectivity index (χ4v) is 3.74. The molecule has 0 aromatic carbocycles. The lowest BCUT2D eigenvalue weighted by Gasteiger charge is -2.37. The Morgan fingerprint density at radius 3 is 2.54 bits per heavy atom. The van der Waals surface area contributed by atoms with E-state index >= 15 is 0 Å². The van der Waals surface area contributed by atoms with Crippen LogP contribution in [0.15, 0.2) is 18.5 Å². The summed E-state index contributed by atoms with van der Waals surface area (Å²) < 4.78 is 5.67. The second-order valence-electron chi connectivity index (χ2n) is 6.78. The van der Waals surface area contributed by atoms with Crippen molar-refractivity contribution in [3.63, 3.8) is 0 Å². The van der Waals surface area contributed by atoms with Crippen molar-refractivity contribution in [3.8, 4) is 0 Å². The van der Waals surface area contributed by atoms with E-state index in [1.165, 1.54) is 5.56 Å². The second kappa shape index (κ2) is 8.53. The highest BCUT2D eigenvalue weighted by molar-refractivity contribution is 5.79. The molecule has 132 valence electrons. The van der Waals surface area contributed by atoms with Crippen molar-refractivity contribution in [3.05, 3.63) is 24.0 Å². The number of likely N-dealkylation sites (tertiary alicyclic amines) is 2. The lowest BCUT2D eigenvalue weighted by Crippen LogP contribution is -2.46. The van der Waals surface area contributed by atoms with E-state index in [1.54, 1.807) is 6.20 Å². The van der Waals surface area contributed by atoms with Crippen molar-refractivity contribution in [2.24, 2.45) is 5.92 Å². The molecule has 6 nitrogen and oxygen atoms in total. The van der Waals surface area contributed by atoms with Gasteiger partial charge in [0, 0.05) is 38.4 Å². The lowest BCUT2D eigenvalue weighted by atomic mass is 9.94. The summed E-state index contributed by atoms with van der Waals surface area (Å²) in [5, 5.41) is 7.74. The number of hydrogen-bond donors (Lipinski definition) is 0. The third-order valence-corrected chi connectivity index (χ3v) is 5.14. The Labute approximate surface area is 144 Å². The van der Waals surface area contributed by atoms with Crippen LogP contribution >= 0.6 is 0 Å². The van der Waals surface area contributed by atoms with Gasteiger partial charge in [-0.2, -0.15) is 10.2 Å². The van der Waals surface area contributed by atoms with Gasteiger partial charge in [0.25, 0.3) is 0 Å². The largest absolute Gasteiger partial charge is 0.378 e. The molecule has 0 bridgehead atoms. The van der Waals surface area contributed by atoms with Gasteiger partial charge in [0.1, 0.15) is 0 Å². The fraction of sp³-hybridized carbons (Fsp3) is 0.722. The first-order chi connectivity index (χ1) is 11.8. The Kier molecular flexibility index (Phi) is 6.15. The lowest BCUT2D eigenvalue weighted by molar-refractivity contribution is -0.139.